The van der Waals surface area contributed by atoms with Crippen LogP contribution in [0.1, 0.15) is 39.0 Å². The van der Waals surface area contributed by atoms with Gasteiger partial charge >= 0.3 is 0 Å². The quantitative estimate of drug-likeness (QED) is 0.398. The third-order valence-corrected chi connectivity index (χ3v) is 3.58. The summed E-state index contributed by atoms with van der Waals surface area (Å²) < 4.78 is 1.40. The van der Waals surface area contributed by atoms with E-state index in [1.54, 1.807) is 0 Å². The van der Waals surface area contributed by atoms with Gasteiger partial charge in [-0.05, 0) is 18.3 Å². The van der Waals surface area contributed by atoms with Crippen LogP contribution in [0.2, 0.25) is 0 Å². The summed E-state index contributed by atoms with van der Waals surface area (Å²) in [7, 11) is 0. The molecule has 0 aliphatic heterocycles. The standard InChI is InChI=1S/C9H17I/c1-2-3-4-5-8-6-9(8)7-10/h8-9H,2-7H2,1H3/t8?,9-/m1/s1. The number of alkyl halides is 1. The Balaban J connectivity index is 1.87. The molecule has 1 aliphatic carbocycles. The number of unbranched alkanes of at least 4 members (excludes halogenated alkanes) is 2. The Kier molecular flexibility index (Phi) is 4.04. The lowest BCUT2D eigenvalue weighted by Gasteiger charge is -1.95. The average Bonchev–Trinajstić information content (AvgIpc) is 2.68. The first kappa shape index (κ1) is 8.82. The van der Waals surface area contributed by atoms with Crippen molar-refractivity contribution in [3.05, 3.63) is 0 Å². The van der Waals surface area contributed by atoms with Gasteiger partial charge in [0.15, 0.2) is 0 Å². The van der Waals surface area contributed by atoms with Gasteiger partial charge < -0.3 is 0 Å². The molecule has 0 aromatic carbocycles. The first-order valence-corrected chi connectivity index (χ1v) is 5.97. The maximum atomic E-state index is 2.52. The van der Waals surface area contributed by atoms with E-state index in [4.69, 9.17) is 0 Å². The minimum Gasteiger partial charge on any atom is -0.0861 e. The second kappa shape index (κ2) is 4.58. The lowest BCUT2D eigenvalue weighted by atomic mass is 10.1. The molecule has 1 aliphatic rings. The molecule has 0 aromatic rings. The van der Waals surface area contributed by atoms with Crippen LogP contribution in [0.15, 0.2) is 0 Å². The average molecular weight is 252 g/mol. The molecule has 0 nitrogen and oxygen atoms in total. The zero-order chi connectivity index (χ0) is 7.40. The summed E-state index contributed by atoms with van der Waals surface area (Å²) in [6, 6.07) is 0. The van der Waals surface area contributed by atoms with Crippen molar-refractivity contribution in [2.24, 2.45) is 11.8 Å². The highest BCUT2D eigenvalue weighted by Crippen LogP contribution is 2.43. The Morgan fingerprint density at radius 1 is 1.30 bits per heavy atom. The van der Waals surface area contributed by atoms with E-state index in [-0.39, 0.29) is 0 Å². The zero-order valence-corrected chi connectivity index (χ0v) is 8.93. The number of hydrogen-bond donors (Lipinski definition) is 0. The summed E-state index contributed by atoms with van der Waals surface area (Å²) in [6.45, 7) is 2.28. The molecule has 1 rings (SSSR count). The van der Waals surface area contributed by atoms with Crippen molar-refractivity contribution in [3.8, 4) is 0 Å². The predicted molar refractivity (Wildman–Crippen MR) is 54.6 cm³/mol. The smallest absolute Gasteiger partial charge is 0.00264 e. The van der Waals surface area contributed by atoms with E-state index in [9.17, 15) is 0 Å². The van der Waals surface area contributed by atoms with Crippen molar-refractivity contribution in [3.63, 3.8) is 0 Å². The van der Waals surface area contributed by atoms with Gasteiger partial charge in [0.25, 0.3) is 0 Å². The second-order valence-corrected chi connectivity index (χ2v) is 4.29. The highest BCUT2D eigenvalue weighted by atomic mass is 127. The van der Waals surface area contributed by atoms with Crippen molar-refractivity contribution in [2.75, 3.05) is 4.43 Å². The van der Waals surface area contributed by atoms with Gasteiger partial charge in [-0.3, -0.25) is 0 Å². The van der Waals surface area contributed by atoms with Gasteiger partial charge in [-0.15, -0.1) is 0 Å². The molecule has 0 bridgehead atoms. The van der Waals surface area contributed by atoms with Crippen LogP contribution in [-0.2, 0) is 0 Å². The molecule has 1 heteroatoms. The maximum Gasteiger partial charge on any atom is 0.00264 e. The lowest BCUT2D eigenvalue weighted by Crippen LogP contribution is -1.83. The zero-order valence-electron chi connectivity index (χ0n) is 6.78. The monoisotopic (exact) mass is 252 g/mol. The molecular weight excluding hydrogens is 235 g/mol. The van der Waals surface area contributed by atoms with E-state index >= 15 is 0 Å². The van der Waals surface area contributed by atoms with E-state index in [2.05, 4.69) is 29.5 Å². The summed E-state index contributed by atoms with van der Waals surface area (Å²) in [5.74, 6) is 2.24. The molecule has 1 unspecified atom stereocenters. The summed E-state index contributed by atoms with van der Waals surface area (Å²) >= 11 is 2.52. The van der Waals surface area contributed by atoms with Crippen LogP contribution in [0, 0.1) is 11.8 Å². The van der Waals surface area contributed by atoms with E-state index in [0.717, 1.165) is 11.8 Å². The normalized spacial score (nSPS) is 30.6. The van der Waals surface area contributed by atoms with Crippen molar-refractivity contribution < 1.29 is 0 Å². The van der Waals surface area contributed by atoms with Crippen LogP contribution < -0.4 is 0 Å². The lowest BCUT2D eigenvalue weighted by molar-refractivity contribution is 0.598. The minimum absolute atomic E-state index is 1.11. The van der Waals surface area contributed by atoms with E-state index in [0.29, 0.717) is 0 Å². The number of rotatable bonds is 5. The van der Waals surface area contributed by atoms with Crippen molar-refractivity contribution in [1.82, 2.24) is 0 Å². The van der Waals surface area contributed by atoms with Gasteiger partial charge in [-0.2, -0.15) is 0 Å². The second-order valence-electron chi connectivity index (χ2n) is 3.41. The van der Waals surface area contributed by atoms with Crippen LogP contribution in [0.25, 0.3) is 0 Å². The van der Waals surface area contributed by atoms with Gasteiger partial charge in [-0.1, -0.05) is 55.2 Å². The minimum atomic E-state index is 1.11. The highest BCUT2D eigenvalue weighted by molar-refractivity contribution is 14.1. The maximum absolute atomic E-state index is 2.52. The molecule has 0 aromatic heterocycles. The molecule has 10 heavy (non-hydrogen) atoms. The molecule has 1 fully saturated rings. The molecule has 1 saturated carbocycles. The van der Waals surface area contributed by atoms with Gasteiger partial charge in [-0.25, -0.2) is 0 Å². The fourth-order valence-corrected chi connectivity index (χ4v) is 2.59. The van der Waals surface area contributed by atoms with Crippen LogP contribution in [-0.4, -0.2) is 4.43 Å². The molecule has 0 saturated heterocycles. The Morgan fingerprint density at radius 2 is 2.10 bits per heavy atom. The van der Waals surface area contributed by atoms with Gasteiger partial charge in [0.2, 0.25) is 0 Å². The van der Waals surface area contributed by atoms with Crippen molar-refractivity contribution >= 4 is 22.6 Å². The Bertz CT molecular complexity index is 90.7. The molecule has 60 valence electrons. The third-order valence-electron chi connectivity index (χ3n) is 2.45. The van der Waals surface area contributed by atoms with Gasteiger partial charge in [0.1, 0.15) is 0 Å². The summed E-state index contributed by atoms with van der Waals surface area (Å²) in [5, 5.41) is 0. The SMILES string of the molecule is CCCCCC1C[C@@H]1CI. The number of hydrogen-bond acceptors (Lipinski definition) is 0. The fourth-order valence-electron chi connectivity index (χ4n) is 1.51. The van der Waals surface area contributed by atoms with E-state index in [1.807, 2.05) is 0 Å². The Morgan fingerprint density at radius 3 is 2.60 bits per heavy atom. The van der Waals surface area contributed by atoms with Crippen LogP contribution in [0.3, 0.4) is 0 Å². The first-order valence-electron chi connectivity index (χ1n) is 4.44. The Labute approximate surface area is 77.9 Å². The molecule has 0 spiro atoms. The fraction of sp³-hybridized carbons (Fsp3) is 1.00. The molecule has 0 N–H and O–H groups in total. The van der Waals surface area contributed by atoms with Crippen LogP contribution in [0.4, 0.5) is 0 Å². The van der Waals surface area contributed by atoms with E-state index < -0.39 is 0 Å². The third kappa shape index (κ3) is 2.77. The highest BCUT2D eigenvalue weighted by Gasteiger charge is 2.34. The summed E-state index contributed by atoms with van der Waals surface area (Å²) in [5.41, 5.74) is 0. The predicted octanol–water partition coefficient (Wildman–Crippen LogP) is 3.64. The van der Waals surface area contributed by atoms with Crippen molar-refractivity contribution in [1.29, 1.82) is 0 Å². The molecule has 0 heterocycles. The van der Waals surface area contributed by atoms with Crippen LogP contribution in [0.5, 0.6) is 0 Å². The Hall–Kier alpha value is 0.730. The van der Waals surface area contributed by atoms with Gasteiger partial charge in [0.05, 0.1) is 0 Å². The van der Waals surface area contributed by atoms with Gasteiger partial charge in [0, 0.05) is 4.43 Å². The van der Waals surface area contributed by atoms with Crippen molar-refractivity contribution in [2.45, 2.75) is 39.0 Å². The number of halogens is 1. The molecular formula is C9H17I. The largest absolute Gasteiger partial charge is 0.0861 e. The molecule has 2 atom stereocenters. The topological polar surface area (TPSA) is 0 Å². The first-order chi connectivity index (χ1) is 4.88. The van der Waals surface area contributed by atoms with Crippen LogP contribution >= 0.6 is 22.6 Å². The summed E-state index contributed by atoms with van der Waals surface area (Å²) in [4.78, 5) is 0. The summed E-state index contributed by atoms with van der Waals surface area (Å²) in [6.07, 6.45) is 7.36. The molecule has 0 amide bonds. The van der Waals surface area contributed by atoms with E-state index in [1.165, 1.54) is 36.5 Å². The molecule has 0 radical (unpaired) electrons.